The molecule has 0 radical (unpaired) electrons. The van der Waals surface area contributed by atoms with E-state index in [4.69, 9.17) is 4.42 Å². The maximum Gasteiger partial charge on any atom is 0.274 e. The second-order valence-corrected chi connectivity index (χ2v) is 8.60. The van der Waals surface area contributed by atoms with Gasteiger partial charge in [0.1, 0.15) is 11.5 Å². The van der Waals surface area contributed by atoms with E-state index in [1.54, 1.807) is 10.9 Å². The van der Waals surface area contributed by atoms with E-state index >= 15 is 0 Å². The van der Waals surface area contributed by atoms with E-state index in [0.29, 0.717) is 18.8 Å². The first-order chi connectivity index (χ1) is 14.6. The average Bonchev–Trinajstić information content (AvgIpc) is 3.45. The van der Waals surface area contributed by atoms with Gasteiger partial charge in [-0.3, -0.25) is 14.4 Å². The highest BCUT2D eigenvalue weighted by atomic mass is 16.4. The van der Waals surface area contributed by atoms with Crippen LogP contribution in [0, 0.1) is 12.3 Å². The van der Waals surface area contributed by atoms with E-state index in [-0.39, 0.29) is 17.2 Å². The number of aromatic nitrogens is 3. The Morgan fingerprint density at radius 2 is 2.00 bits per heavy atom. The molecular formula is C23H27N5O2. The summed E-state index contributed by atoms with van der Waals surface area (Å²) in [5, 5.41) is 4.38. The minimum Gasteiger partial charge on any atom is -0.446 e. The highest BCUT2D eigenvalue weighted by molar-refractivity contribution is 5.93. The summed E-state index contributed by atoms with van der Waals surface area (Å²) in [5.74, 6) is 1.83. The lowest BCUT2D eigenvalue weighted by atomic mass is 9.71. The molecule has 7 heteroatoms. The predicted molar refractivity (Wildman–Crippen MR) is 112 cm³/mol. The third kappa shape index (κ3) is 3.33. The fourth-order valence-corrected chi connectivity index (χ4v) is 4.90. The number of amides is 1. The van der Waals surface area contributed by atoms with Crippen molar-refractivity contribution in [2.45, 2.75) is 32.9 Å². The lowest BCUT2D eigenvalue weighted by Crippen LogP contribution is -2.61. The summed E-state index contributed by atoms with van der Waals surface area (Å²) in [6, 6.07) is 12.3. The van der Waals surface area contributed by atoms with Crippen molar-refractivity contribution in [2.24, 2.45) is 5.41 Å². The van der Waals surface area contributed by atoms with Gasteiger partial charge >= 0.3 is 0 Å². The van der Waals surface area contributed by atoms with Crippen LogP contribution in [0.5, 0.6) is 0 Å². The Balaban J connectivity index is 1.34. The van der Waals surface area contributed by atoms with E-state index in [2.05, 4.69) is 39.2 Å². The summed E-state index contributed by atoms with van der Waals surface area (Å²) in [5.41, 5.74) is 1.80. The number of oxazole rings is 1. The Morgan fingerprint density at radius 3 is 2.67 bits per heavy atom. The van der Waals surface area contributed by atoms with Crippen molar-refractivity contribution in [3.8, 4) is 0 Å². The van der Waals surface area contributed by atoms with Crippen LogP contribution in [0.3, 0.4) is 0 Å². The van der Waals surface area contributed by atoms with Gasteiger partial charge in [0.25, 0.3) is 5.91 Å². The van der Waals surface area contributed by atoms with E-state index in [1.807, 2.05) is 37.1 Å². The highest BCUT2D eigenvalue weighted by Crippen LogP contribution is 2.49. The van der Waals surface area contributed by atoms with Crippen molar-refractivity contribution >= 4 is 5.91 Å². The number of hydrogen-bond donors (Lipinski definition) is 0. The zero-order valence-electron chi connectivity index (χ0n) is 17.5. The van der Waals surface area contributed by atoms with Crippen molar-refractivity contribution in [1.29, 1.82) is 0 Å². The molecule has 5 rings (SSSR count). The number of rotatable bonds is 5. The normalized spacial score (nSPS) is 20.6. The maximum absolute atomic E-state index is 12.9. The fourth-order valence-electron chi connectivity index (χ4n) is 4.90. The summed E-state index contributed by atoms with van der Waals surface area (Å²) in [6.07, 6.45) is 3.65. The first-order valence-corrected chi connectivity index (χ1v) is 10.6. The molecule has 7 nitrogen and oxygen atoms in total. The Labute approximate surface area is 176 Å². The molecule has 1 atom stereocenters. The number of hydrogen-bond acceptors (Lipinski definition) is 5. The van der Waals surface area contributed by atoms with Gasteiger partial charge in [-0.25, -0.2) is 4.98 Å². The average molecular weight is 406 g/mol. The molecule has 2 aromatic heterocycles. The molecule has 4 heterocycles. The smallest absolute Gasteiger partial charge is 0.274 e. The van der Waals surface area contributed by atoms with Gasteiger partial charge < -0.3 is 9.32 Å². The number of carbonyl (C=O) groups excluding carboxylic acids is 1. The second-order valence-electron chi connectivity index (χ2n) is 8.60. The number of benzene rings is 1. The summed E-state index contributed by atoms with van der Waals surface area (Å²) in [6.45, 7) is 8.85. The van der Waals surface area contributed by atoms with Gasteiger partial charge in [-0.2, -0.15) is 5.10 Å². The van der Waals surface area contributed by atoms with E-state index in [1.165, 1.54) is 5.56 Å². The summed E-state index contributed by atoms with van der Waals surface area (Å²) < 4.78 is 7.73. The lowest BCUT2D eigenvalue weighted by Gasteiger charge is -2.50. The second kappa shape index (κ2) is 7.40. The number of likely N-dealkylation sites (tertiary alicyclic amines) is 2. The van der Waals surface area contributed by atoms with Crippen molar-refractivity contribution in [2.75, 3.05) is 26.2 Å². The third-order valence-electron chi connectivity index (χ3n) is 6.39. The standard InChI is InChI=1S/C23H27N5O2/c1-3-28-10-9-20(25-28)22(29)27-15-23(16-27)14-26(12-18-7-5-4-6-8-18)13-19(23)21-24-11-17(2)30-21/h4-11,19H,3,12-16H2,1-2H3. The zero-order chi connectivity index (χ0) is 20.7. The number of carbonyl (C=O) groups is 1. The van der Waals surface area contributed by atoms with Crippen LogP contribution in [0.25, 0.3) is 0 Å². The zero-order valence-corrected chi connectivity index (χ0v) is 17.5. The molecule has 2 saturated heterocycles. The van der Waals surface area contributed by atoms with Gasteiger partial charge in [0.2, 0.25) is 0 Å². The molecule has 2 aliphatic rings. The molecule has 3 aromatic rings. The van der Waals surface area contributed by atoms with Crippen LogP contribution in [-0.4, -0.2) is 56.7 Å². The molecule has 0 aliphatic carbocycles. The quantitative estimate of drug-likeness (QED) is 0.653. The van der Waals surface area contributed by atoms with Crippen molar-refractivity contribution in [3.05, 3.63) is 71.7 Å². The highest BCUT2D eigenvalue weighted by Gasteiger charge is 2.57. The van der Waals surface area contributed by atoms with Crippen molar-refractivity contribution in [3.63, 3.8) is 0 Å². The van der Waals surface area contributed by atoms with E-state index in [9.17, 15) is 4.79 Å². The first kappa shape index (κ1) is 19.1. The minimum absolute atomic E-state index is 0.0108. The van der Waals surface area contributed by atoms with Gasteiger partial charge in [-0.1, -0.05) is 30.3 Å². The Hall–Kier alpha value is -2.93. The molecule has 156 valence electrons. The Morgan fingerprint density at radius 1 is 1.20 bits per heavy atom. The first-order valence-electron chi connectivity index (χ1n) is 10.6. The SMILES string of the molecule is CCn1ccc(C(=O)N2CC3(CN(Cc4ccccc4)CC3c3ncc(C)o3)C2)n1. The van der Waals surface area contributed by atoms with Gasteiger partial charge in [0.15, 0.2) is 5.89 Å². The fraction of sp³-hybridized carbons (Fsp3) is 0.435. The van der Waals surface area contributed by atoms with Crippen molar-refractivity contribution < 1.29 is 9.21 Å². The molecule has 1 amide bonds. The third-order valence-corrected chi connectivity index (χ3v) is 6.39. The van der Waals surface area contributed by atoms with E-state index in [0.717, 1.165) is 37.8 Å². The van der Waals surface area contributed by atoms with Gasteiger partial charge in [-0.05, 0) is 25.5 Å². The Bertz CT molecular complexity index is 1030. The van der Waals surface area contributed by atoms with Crippen LogP contribution in [-0.2, 0) is 13.1 Å². The molecule has 1 unspecified atom stereocenters. The minimum atomic E-state index is -0.0188. The van der Waals surface area contributed by atoms with Crippen LogP contribution < -0.4 is 0 Å². The molecule has 2 aliphatic heterocycles. The van der Waals surface area contributed by atoms with Crippen LogP contribution in [0.2, 0.25) is 0 Å². The molecule has 0 saturated carbocycles. The molecule has 1 aromatic carbocycles. The molecule has 0 N–H and O–H groups in total. The van der Waals surface area contributed by atoms with Gasteiger partial charge in [0.05, 0.1) is 12.1 Å². The summed E-state index contributed by atoms with van der Waals surface area (Å²) in [7, 11) is 0. The van der Waals surface area contributed by atoms with Crippen LogP contribution >= 0.6 is 0 Å². The topological polar surface area (TPSA) is 67.4 Å². The lowest BCUT2D eigenvalue weighted by molar-refractivity contribution is -0.00110. The molecule has 0 bridgehead atoms. The van der Waals surface area contributed by atoms with E-state index < -0.39 is 0 Å². The largest absolute Gasteiger partial charge is 0.446 e. The van der Waals surface area contributed by atoms with Crippen molar-refractivity contribution in [1.82, 2.24) is 24.6 Å². The molecule has 30 heavy (non-hydrogen) atoms. The van der Waals surface area contributed by atoms with Crippen LogP contribution in [0.1, 0.15) is 40.5 Å². The maximum atomic E-state index is 12.9. The predicted octanol–water partition coefficient (Wildman–Crippen LogP) is 2.94. The van der Waals surface area contributed by atoms with Crippen LogP contribution in [0.4, 0.5) is 0 Å². The Kier molecular flexibility index (Phi) is 4.70. The van der Waals surface area contributed by atoms with Gasteiger partial charge in [0, 0.05) is 50.9 Å². The number of aryl methyl sites for hydroxylation is 2. The number of nitrogens with zero attached hydrogens (tertiary/aromatic N) is 5. The molecule has 2 fully saturated rings. The monoisotopic (exact) mass is 405 g/mol. The molecule has 1 spiro atoms. The van der Waals surface area contributed by atoms with Crippen LogP contribution in [0.15, 0.2) is 53.2 Å². The molecular weight excluding hydrogens is 378 g/mol. The summed E-state index contributed by atoms with van der Waals surface area (Å²) >= 11 is 0. The van der Waals surface area contributed by atoms with Gasteiger partial charge in [-0.15, -0.1) is 0 Å². The summed E-state index contributed by atoms with van der Waals surface area (Å²) in [4.78, 5) is 21.8.